The van der Waals surface area contributed by atoms with E-state index < -0.39 is 0 Å². The molecular weight excluding hydrogens is 440 g/mol. The first kappa shape index (κ1) is 24.5. The Hall–Kier alpha value is -3.65. The molecule has 1 aliphatic carbocycles. The maximum atomic E-state index is 13.4. The predicted octanol–water partition coefficient (Wildman–Crippen LogP) is 2.97. The Morgan fingerprint density at radius 1 is 1.00 bits per heavy atom. The monoisotopic (exact) mass is 474 g/mol. The molecule has 4 rings (SSSR count). The van der Waals surface area contributed by atoms with Gasteiger partial charge >= 0.3 is 0 Å². The number of nitrogen functional groups attached to an aromatic ring is 1. The molecule has 0 unspecified atom stereocenters. The van der Waals surface area contributed by atoms with E-state index in [1.165, 1.54) is 0 Å². The van der Waals surface area contributed by atoms with E-state index in [-0.39, 0.29) is 23.7 Å². The van der Waals surface area contributed by atoms with Crippen molar-refractivity contribution in [1.82, 2.24) is 15.2 Å². The number of hydrogen-bond donors (Lipinski definition) is 5. The summed E-state index contributed by atoms with van der Waals surface area (Å²) in [5.41, 5.74) is 14.7. The van der Waals surface area contributed by atoms with E-state index in [4.69, 9.17) is 16.9 Å². The lowest BCUT2D eigenvalue weighted by molar-refractivity contribution is 0.0913. The molecule has 1 fully saturated rings. The molecule has 2 aromatic carbocycles. The van der Waals surface area contributed by atoms with Gasteiger partial charge in [-0.3, -0.25) is 15.0 Å². The normalized spacial score (nSPS) is 17.8. The van der Waals surface area contributed by atoms with Gasteiger partial charge in [-0.2, -0.15) is 0 Å². The van der Waals surface area contributed by atoms with E-state index in [9.17, 15) is 9.59 Å². The molecule has 2 amide bonds. The van der Waals surface area contributed by atoms with Gasteiger partial charge in [-0.15, -0.1) is 0 Å². The Bertz CT molecular complexity index is 1220. The van der Waals surface area contributed by atoms with Crippen LogP contribution in [0.15, 0.2) is 48.5 Å². The SMILES string of the molecule is CC1CCC(NC(=O)c2cc3ccc(C(=N)N)cc3n2Cc2ccc(C(=O)NCCN)cc2)CC1. The summed E-state index contributed by atoms with van der Waals surface area (Å²) in [6, 6.07) is 15.0. The molecule has 3 aromatic rings. The zero-order valence-corrected chi connectivity index (χ0v) is 20.1. The molecule has 8 heteroatoms. The summed E-state index contributed by atoms with van der Waals surface area (Å²) in [6.45, 7) is 3.51. The van der Waals surface area contributed by atoms with Gasteiger partial charge in [0.2, 0.25) is 0 Å². The van der Waals surface area contributed by atoms with Crippen molar-refractivity contribution < 1.29 is 9.59 Å². The standard InChI is InChI=1S/C27H34N6O2/c1-17-2-10-22(11-3-17)32-27(35)24-14-20-8-9-21(25(29)30)15-23(20)33(24)16-18-4-6-19(7-5-18)26(34)31-13-12-28/h4-9,14-15,17,22H,2-3,10-13,16,28H2,1H3,(H3,29,30)(H,31,34)(H,32,35). The Morgan fingerprint density at radius 3 is 2.34 bits per heavy atom. The first-order valence-electron chi connectivity index (χ1n) is 12.2. The minimum atomic E-state index is -0.165. The van der Waals surface area contributed by atoms with Gasteiger partial charge in [0.05, 0.1) is 0 Å². The molecule has 184 valence electrons. The largest absolute Gasteiger partial charge is 0.384 e. The van der Waals surface area contributed by atoms with E-state index in [1.54, 1.807) is 18.2 Å². The van der Waals surface area contributed by atoms with Crippen LogP contribution in [0.1, 0.15) is 64.6 Å². The predicted molar refractivity (Wildman–Crippen MR) is 139 cm³/mol. The van der Waals surface area contributed by atoms with E-state index in [1.807, 2.05) is 34.9 Å². The number of amidine groups is 1. The molecule has 7 N–H and O–H groups in total. The van der Waals surface area contributed by atoms with Crippen LogP contribution < -0.4 is 22.1 Å². The third kappa shape index (κ3) is 5.71. The number of fused-ring (bicyclic) bond motifs is 1. The summed E-state index contributed by atoms with van der Waals surface area (Å²) in [6.07, 6.45) is 4.24. The molecule has 0 aliphatic heterocycles. The molecule has 0 saturated heterocycles. The van der Waals surface area contributed by atoms with E-state index in [2.05, 4.69) is 17.6 Å². The molecular formula is C27H34N6O2. The highest BCUT2D eigenvalue weighted by Crippen LogP contribution is 2.26. The van der Waals surface area contributed by atoms with Crippen LogP contribution in [0, 0.1) is 11.3 Å². The smallest absolute Gasteiger partial charge is 0.268 e. The van der Waals surface area contributed by atoms with Crippen LogP contribution in [-0.4, -0.2) is 41.3 Å². The number of benzene rings is 2. The van der Waals surface area contributed by atoms with E-state index in [0.717, 1.165) is 42.1 Å². The lowest BCUT2D eigenvalue weighted by Gasteiger charge is -2.27. The highest BCUT2D eigenvalue weighted by molar-refractivity contribution is 6.02. The van der Waals surface area contributed by atoms with E-state index in [0.29, 0.717) is 42.4 Å². The summed E-state index contributed by atoms with van der Waals surface area (Å²) >= 11 is 0. The summed E-state index contributed by atoms with van der Waals surface area (Å²) in [4.78, 5) is 25.6. The Balaban J connectivity index is 1.63. The second kappa shape index (κ2) is 10.7. The molecule has 0 atom stereocenters. The van der Waals surface area contributed by atoms with E-state index >= 15 is 0 Å². The second-order valence-electron chi connectivity index (χ2n) is 9.47. The average molecular weight is 475 g/mol. The minimum Gasteiger partial charge on any atom is -0.384 e. The number of carbonyl (C=O) groups is 2. The third-order valence-corrected chi connectivity index (χ3v) is 6.79. The lowest BCUT2D eigenvalue weighted by atomic mass is 9.87. The number of nitrogens with zero attached hydrogens (tertiary/aromatic N) is 1. The minimum absolute atomic E-state index is 0.0187. The van der Waals surface area contributed by atoms with Gasteiger partial charge in [0.15, 0.2) is 0 Å². The van der Waals surface area contributed by atoms with Crippen molar-refractivity contribution in [2.75, 3.05) is 13.1 Å². The number of nitrogens with one attached hydrogen (secondary N) is 3. The lowest BCUT2D eigenvalue weighted by Crippen LogP contribution is -2.38. The van der Waals surface area contributed by atoms with Crippen molar-refractivity contribution >= 4 is 28.6 Å². The highest BCUT2D eigenvalue weighted by atomic mass is 16.2. The van der Waals surface area contributed by atoms with Crippen LogP contribution in [0.5, 0.6) is 0 Å². The number of aromatic nitrogens is 1. The number of rotatable bonds is 8. The first-order valence-corrected chi connectivity index (χ1v) is 12.2. The highest BCUT2D eigenvalue weighted by Gasteiger charge is 2.23. The fraction of sp³-hybridized carbons (Fsp3) is 0.370. The van der Waals surface area contributed by atoms with Crippen molar-refractivity contribution in [1.29, 1.82) is 5.41 Å². The Labute approximate surface area is 205 Å². The second-order valence-corrected chi connectivity index (χ2v) is 9.47. The van der Waals surface area contributed by atoms with Crippen molar-refractivity contribution in [2.45, 2.75) is 45.2 Å². The fourth-order valence-corrected chi connectivity index (χ4v) is 4.68. The van der Waals surface area contributed by atoms with Gasteiger partial charge in [0.1, 0.15) is 11.5 Å². The van der Waals surface area contributed by atoms with Gasteiger partial charge in [0, 0.05) is 47.7 Å². The van der Waals surface area contributed by atoms with Gasteiger partial charge in [-0.1, -0.05) is 31.2 Å². The maximum Gasteiger partial charge on any atom is 0.268 e. The summed E-state index contributed by atoms with van der Waals surface area (Å²) < 4.78 is 1.96. The van der Waals surface area contributed by atoms with Gasteiger partial charge in [-0.05, 0) is 61.4 Å². The Kier molecular flexibility index (Phi) is 7.51. The Morgan fingerprint density at radius 2 is 1.69 bits per heavy atom. The molecule has 35 heavy (non-hydrogen) atoms. The average Bonchev–Trinajstić information content (AvgIpc) is 3.22. The number of carbonyl (C=O) groups excluding carboxylic acids is 2. The van der Waals surface area contributed by atoms with Gasteiger partial charge in [-0.25, -0.2) is 0 Å². The van der Waals surface area contributed by atoms with Crippen LogP contribution in [-0.2, 0) is 6.54 Å². The quantitative estimate of drug-likeness (QED) is 0.253. The van der Waals surface area contributed by atoms with Crippen molar-refractivity contribution in [3.8, 4) is 0 Å². The molecule has 0 spiro atoms. The topological polar surface area (TPSA) is 139 Å². The molecule has 1 aliphatic rings. The first-order chi connectivity index (χ1) is 16.9. The van der Waals surface area contributed by atoms with Gasteiger partial charge in [0.25, 0.3) is 11.8 Å². The number of nitrogens with two attached hydrogens (primary N) is 2. The number of amides is 2. The van der Waals surface area contributed by atoms with Crippen LogP contribution in [0.25, 0.3) is 10.9 Å². The summed E-state index contributed by atoms with van der Waals surface area (Å²) in [7, 11) is 0. The van der Waals surface area contributed by atoms with Crippen LogP contribution >= 0.6 is 0 Å². The van der Waals surface area contributed by atoms with Gasteiger partial charge < -0.3 is 26.7 Å². The number of hydrogen-bond acceptors (Lipinski definition) is 4. The molecule has 1 saturated carbocycles. The fourth-order valence-electron chi connectivity index (χ4n) is 4.68. The molecule has 8 nitrogen and oxygen atoms in total. The zero-order chi connectivity index (χ0) is 24.9. The van der Waals surface area contributed by atoms with Crippen LogP contribution in [0.3, 0.4) is 0 Å². The van der Waals surface area contributed by atoms with Crippen molar-refractivity contribution in [2.24, 2.45) is 17.4 Å². The molecule has 1 heterocycles. The molecule has 0 bridgehead atoms. The van der Waals surface area contributed by atoms with Crippen molar-refractivity contribution in [3.63, 3.8) is 0 Å². The molecule has 1 aromatic heterocycles. The van der Waals surface area contributed by atoms with Crippen LogP contribution in [0.2, 0.25) is 0 Å². The van der Waals surface area contributed by atoms with Crippen LogP contribution in [0.4, 0.5) is 0 Å². The van der Waals surface area contributed by atoms with Crippen molar-refractivity contribution in [3.05, 3.63) is 70.9 Å². The zero-order valence-electron chi connectivity index (χ0n) is 20.1. The summed E-state index contributed by atoms with van der Waals surface area (Å²) in [5.74, 6) is 0.430. The summed E-state index contributed by atoms with van der Waals surface area (Å²) in [5, 5.41) is 14.7. The third-order valence-electron chi connectivity index (χ3n) is 6.79. The molecule has 0 radical (unpaired) electrons. The maximum absolute atomic E-state index is 13.4.